The summed E-state index contributed by atoms with van der Waals surface area (Å²) in [6.07, 6.45) is 6.43. The summed E-state index contributed by atoms with van der Waals surface area (Å²) in [7, 11) is 2.05. The molecular weight excluding hydrogens is 254 g/mol. The molecular formula is C17H28ClN. The minimum atomic E-state index is 0.417. The largest absolute Gasteiger partial charge is 0.313 e. The lowest BCUT2D eigenvalue weighted by atomic mass is 9.89. The maximum absolute atomic E-state index is 6.24. The van der Waals surface area contributed by atoms with Crippen molar-refractivity contribution in [3.8, 4) is 0 Å². The van der Waals surface area contributed by atoms with Crippen molar-refractivity contribution < 1.29 is 0 Å². The van der Waals surface area contributed by atoms with Crippen LogP contribution in [0.2, 0.25) is 5.02 Å². The Morgan fingerprint density at radius 1 is 1.26 bits per heavy atom. The van der Waals surface area contributed by atoms with E-state index < -0.39 is 0 Å². The van der Waals surface area contributed by atoms with E-state index in [4.69, 9.17) is 11.6 Å². The summed E-state index contributed by atoms with van der Waals surface area (Å²) in [4.78, 5) is 0. The van der Waals surface area contributed by atoms with E-state index in [0.717, 1.165) is 16.5 Å². The average molecular weight is 282 g/mol. The topological polar surface area (TPSA) is 12.0 Å². The van der Waals surface area contributed by atoms with Crippen molar-refractivity contribution in [2.24, 2.45) is 5.92 Å². The third kappa shape index (κ3) is 5.16. The van der Waals surface area contributed by atoms with Gasteiger partial charge in [0.25, 0.3) is 0 Å². The molecule has 0 saturated carbocycles. The lowest BCUT2D eigenvalue weighted by Gasteiger charge is -2.23. The van der Waals surface area contributed by atoms with Crippen LogP contribution in [0.5, 0.6) is 0 Å². The highest BCUT2D eigenvalue weighted by Crippen LogP contribution is 2.28. The predicted molar refractivity (Wildman–Crippen MR) is 85.9 cm³/mol. The Labute approximate surface area is 123 Å². The van der Waals surface area contributed by atoms with Gasteiger partial charge in [0.15, 0.2) is 0 Å². The molecule has 1 nitrogen and oxygen atoms in total. The molecule has 108 valence electrons. The molecule has 0 amide bonds. The van der Waals surface area contributed by atoms with Crippen LogP contribution in [0.3, 0.4) is 0 Å². The second-order valence-corrected chi connectivity index (χ2v) is 5.91. The molecule has 0 bridgehead atoms. The fourth-order valence-electron chi connectivity index (χ4n) is 2.56. The fraction of sp³-hybridized carbons (Fsp3) is 0.647. The van der Waals surface area contributed by atoms with Crippen molar-refractivity contribution in [1.29, 1.82) is 0 Å². The molecule has 0 aliphatic heterocycles. The number of aryl methyl sites for hydroxylation is 1. The molecule has 1 N–H and O–H groups in total. The highest BCUT2D eigenvalue weighted by molar-refractivity contribution is 6.31. The molecule has 1 aromatic rings. The number of nitrogens with one attached hydrogen (secondary N) is 1. The van der Waals surface area contributed by atoms with Gasteiger partial charge in [-0.15, -0.1) is 0 Å². The second kappa shape index (κ2) is 8.60. The molecule has 2 atom stereocenters. The van der Waals surface area contributed by atoms with E-state index in [9.17, 15) is 0 Å². The summed E-state index contributed by atoms with van der Waals surface area (Å²) in [5.41, 5.74) is 2.46. The van der Waals surface area contributed by atoms with E-state index >= 15 is 0 Å². The van der Waals surface area contributed by atoms with E-state index in [1.807, 2.05) is 7.05 Å². The summed E-state index contributed by atoms with van der Waals surface area (Å²) in [5, 5.41) is 4.32. The minimum Gasteiger partial charge on any atom is -0.313 e. The van der Waals surface area contributed by atoms with Gasteiger partial charge in [0.2, 0.25) is 0 Å². The van der Waals surface area contributed by atoms with Crippen LogP contribution >= 0.6 is 11.6 Å². The molecule has 0 aromatic heterocycles. The molecule has 0 radical (unpaired) electrons. The molecule has 1 rings (SSSR count). The van der Waals surface area contributed by atoms with E-state index in [2.05, 4.69) is 44.3 Å². The van der Waals surface area contributed by atoms with Crippen LogP contribution in [0.15, 0.2) is 18.2 Å². The van der Waals surface area contributed by atoms with Gasteiger partial charge < -0.3 is 5.32 Å². The van der Waals surface area contributed by atoms with Gasteiger partial charge in [0.05, 0.1) is 0 Å². The smallest absolute Gasteiger partial charge is 0.0438 e. The molecule has 0 aliphatic rings. The molecule has 19 heavy (non-hydrogen) atoms. The number of rotatable bonds is 8. The summed E-state index contributed by atoms with van der Waals surface area (Å²) < 4.78 is 0. The first kappa shape index (κ1) is 16.5. The van der Waals surface area contributed by atoms with E-state index in [-0.39, 0.29) is 0 Å². The first-order valence-corrected chi connectivity index (χ1v) is 7.93. The Balaban J connectivity index is 2.72. The minimum absolute atomic E-state index is 0.417. The standard InChI is InChI=1S/C17H28ClN/c1-5-7-8-14(6-2)11-17(19-4)15-10-9-13(3)16(18)12-15/h9-10,12,14,17,19H,5-8,11H2,1-4H3. The Morgan fingerprint density at radius 2 is 2.00 bits per heavy atom. The van der Waals surface area contributed by atoms with Crippen molar-refractivity contribution in [3.05, 3.63) is 34.3 Å². The van der Waals surface area contributed by atoms with Crippen LogP contribution in [0.25, 0.3) is 0 Å². The highest BCUT2D eigenvalue weighted by Gasteiger charge is 2.16. The van der Waals surface area contributed by atoms with Gasteiger partial charge in [0.1, 0.15) is 0 Å². The summed E-state index contributed by atoms with van der Waals surface area (Å²) in [5.74, 6) is 0.803. The predicted octanol–water partition coefficient (Wildman–Crippen LogP) is 5.52. The lowest BCUT2D eigenvalue weighted by Crippen LogP contribution is -2.20. The van der Waals surface area contributed by atoms with Crippen molar-refractivity contribution in [2.45, 2.75) is 58.9 Å². The van der Waals surface area contributed by atoms with Crippen molar-refractivity contribution >= 4 is 11.6 Å². The van der Waals surface area contributed by atoms with Gasteiger partial charge in [-0.05, 0) is 43.5 Å². The lowest BCUT2D eigenvalue weighted by molar-refractivity contribution is 0.365. The molecule has 0 heterocycles. The first-order valence-electron chi connectivity index (χ1n) is 7.55. The number of halogens is 1. The average Bonchev–Trinajstić information content (AvgIpc) is 2.42. The van der Waals surface area contributed by atoms with Gasteiger partial charge in [-0.3, -0.25) is 0 Å². The second-order valence-electron chi connectivity index (χ2n) is 5.50. The molecule has 0 fully saturated rings. The van der Waals surface area contributed by atoms with Crippen molar-refractivity contribution in [3.63, 3.8) is 0 Å². The number of benzene rings is 1. The van der Waals surface area contributed by atoms with Gasteiger partial charge in [-0.2, -0.15) is 0 Å². The maximum Gasteiger partial charge on any atom is 0.0438 e. The quantitative estimate of drug-likeness (QED) is 0.662. The number of hydrogen-bond acceptors (Lipinski definition) is 1. The van der Waals surface area contributed by atoms with Crippen molar-refractivity contribution in [2.75, 3.05) is 7.05 Å². The van der Waals surface area contributed by atoms with Crippen LogP contribution in [0.4, 0.5) is 0 Å². The SMILES string of the molecule is CCCCC(CC)CC(NC)c1ccc(C)c(Cl)c1. The zero-order chi connectivity index (χ0) is 14.3. The van der Waals surface area contributed by atoms with Gasteiger partial charge in [-0.1, -0.05) is 63.3 Å². The maximum atomic E-state index is 6.24. The summed E-state index contributed by atoms with van der Waals surface area (Å²) in [6.45, 7) is 6.62. The van der Waals surface area contributed by atoms with Crippen LogP contribution < -0.4 is 5.32 Å². The Morgan fingerprint density at radius 3 is 2.53 bits per heavy atom. The summed E-state index contributed by atoms with van der Waals surface area (Å²) >= 11 is 6.24. The van der Waals surface area contributed by atoms with Gasteiger partial charge in [-0.25, -0.2) is 0 Å². The molecule has 0 spiro atoms. The number of hydrogen-bond donors (Lipinski definition) is 1. The zero-order valence-corrected chi connectivity index (χ0v) is 13.6. The summed E-state index contributed by atoms with van der Waals surface area (Å²) in [6, 6.07) is 6.86. The van der Waals surface area contributed by atoms with Gasteiger partial charge in [0, 0.05) is 11.1 Å². The fourth-order valence-corrected chi connectivity index (χ4v) is 2.75. The Bertz CT molecular complexity index is 376. The van der Waals surface area contributed by atoms with E-state index in [1.165, 1.54) is 37.7 Å². The van der Waals surface area contributed by atoms with Crippen molar-refractivity contribution in [1.82, 2.24) is 5.32 Å². The van der Waals surface area contributed by atoms with E-state index in [1.54, 1.807) is 0 Å². The van der Waals surface area contributed by atoms with Gasteiger partial charge >= 0.3 is 0 Å². The van der Waals surface area contributed by atoms with Crippen LogP contribution in [0, 0.1) is 12.8 Å². The zero-order valence-electron chi connectivity index (χ0n) is 12.8. The third-order valence-electron chi connectivity index (χ3n) is 4.06. The Kier molecular flexibility index (Phi) is 7.48. The van der Waals surface area contributed by atoms with E-state index in [0.29, 0.717) is 6.04 Å². The monoisotopic (exact) mass is 281 g/mol. The highest BCUT2D eigenvalue weighted by atomic mass is 35.5. The molecule has 0 saturated heterocycles. The Hall–Kier alpha value is -0.530. The molecule has 2 heteroatoms. The third-order valence-corrected chi connectivity index (χ3v) is 4.47. The normalized spacial score (nSPS) is 14.4. The van der Waals surface area contributed by atoms with Crippen LogP contribution in [-0.2, 0) is 0 Å². The molecule has 0 aliphatic carbocycles. The molecule has 2 unspecified atom stereocenters. The first-order chi connectivity index (χ1) is 9.12. The van der Waals surface area contributed by atoms with Crippen LogP contribution in [-0.4, -0.2) is 7.05 Å². The molecule has 1 aromatic carbocycles. The van der Waals surface area contributed by atoms with Crippen LogP contribution in [0.1, 0.15) is 63.1 Å². The number of unbranched alkanes of at least 4 members (excludes halogenated alkanes) is 1.